The fraction of sp³-hybridized carbons (Fsp3) is 0.414. The van der Waals surface area contributed by atoms with Crippen molar-refractivity contribution >= 4 is 26.9 Å². The SMILES string of the molecule is COC(=O)c1ccc(-c2cccc3cc(OS(=O)(=O)C(F)(F)F)c(C45CC6CC(CC(C6)C4)C5)cc23)cc1. The molecule has 9 heteroatoms. The number of hydrogen-bond donors (Lipinski definition) is 0. The minimum absolute atomic E-state index is 0.227. The summed E-state index contributed by atoms with van der Waals surface area (Å²) in [7, 11) is -4.52. The Hall–Kier alpha value is -3.07. The second-order valence-corrected chi connectivity index (χ2v) is 12.7. The summed E-state index contributed by atoms with van der Waals surface area (Å²) in [5.41, 5.74) is -3.34. The van der Waals surface area contributed by atoms with Gasteiger partial charge in [-0.25, -0.2) is 4.79 Å². The van der Waals surface area contributed by atoms with Gasteiger partial charge in [0.25, 0.3) is 0 Å². The van der Waals surface area contributed by atoms with E-state index in [1.807, 2.05) is 12.1 Å². The second kappa shape index (κ2) is 8.73. The van der Waals surface area contributed by atoms with E-state index in [0.29, 0.717) is 34.3 Å². The van der Waals surface area contributed by atoms with Crippen molar-refractivity contribution in [3.8, 4) is 16.9 Å². The molecule has 0 aliphatic heterocycles. The van der Waals surface area contributed by atoms with Crippen LogP contribution in [-0.4, -0.2) is 27.0 Å². The molecule has 4 aliphatic carbocycles. The number of ether oxygens (including phenoxy) is 1. The van der Waals surface area contributed by atoms with Gasteiger partial charge < -0.3 is 8.92 Å². The zero-order valence-electron chi connectivity index (χ0n) is 20.8. The quantitative estimate of drug-likeness (QED) is 0.197. The van der Waals surface area contributed by atoms with Gasteiger partial charge in [-0.1, -0.05) is 30.3 Å². The first-order valence-corrected chi connectivity index (χ1v) is 14.2. The van der Waals surface area contributed by atoms with Gasteiger partial charge in [-0.15, -0.1) is 0 Å². The Kier molecular flexibility index (Phi) is 5.79. The molecule has 0 radical (unpaired) electrons. The van der Waals surface area contributed by atoms with Crippen LogP contribution in [0.1, 0.15) is 54.4 Å². The lowest BCUT2D eigenvalue weighted by atomic mass is 9.48. The van der Waals surface area contributed by atoms with Crippen LogP contribution in [0.5, 0.6) is 5.75 Å². The van der Waals surface area contributed by atoms with Gasteiger partial charge >= 0.3 is 21.6 Å². The predicted molar refractivity (Wildman–Crippen MR) is 136 cm³/mol. The number of carbonyl (C=O) groups excluding carboxylic acids is 1. The lowest BCUT2D eigenvalue weighted by Crippen LogP contribution is -2.48. The van der Waals surface area contributed by atoms with E-state index < -0.39 is 27.0 Å². The first-order chi connectivity index (χ1) is 18.0. The van der Waals surface area contributed by atoms with Crippen molar-refractivity contribution in [2.45, 2.75) is 49.4 Å². The fourth-order valence-electron chi connectivity index (χ4n) is 7.55. The van der Waals surface area contributed by atoms with Crippen LogP contribution in [0.15, 0.2) is 54.6 Å². The number of alkyl halides is 3. The summed E-state index contributed by atoms with van der Waals surface area (Å²) in [6, 6.07) is 15.6. The molecule has 0 heterocycles. The van der Waals surface area contributed by atoms with Gasteiger partial charge in [-0.3, -0.25) is 0 Å². The van der Waals surface area contributed by atoms with E-state index >= 15 is 0 Å². The van der Waals surface area contributed by atoms with Crippen LogP contribution < -0.4 is 4.18 Å². The Morgan fingerprint density at radius 1 is 0.921 bits per heavy atom. The zero-order valence-corrected chi connectivity index (χ0v) is 21.6. The van der Waals surface area contributed by atoms with Crippen molar-refractivity contribution < 1.29 is 35.3 Å². The summed E-state index contributed by atoms with van der Waals surface area (Å²) in [4.78, 5) is 11.9. The number of halogens is 3. The largest absolute Gasteiger partial charge is 0.534 e. The van der Waals surface area contributed by atoms with Crippen LogP contribution in [0.25, 0.3) is 21.9 Å². The highest BCUT2D eigenvalue weighted by molar-refractivity contribution is 7.88. The van der Waals surface area contributed by atoms with Gasteiger partial charge in [-0.2, -0.15) is 21.6 Å². The summed E-state index contributed by atoms with van der Waals surface area (Å²) < 4.78 is 74.1. The standard InChI is InChI=1S/C29H27F3O5S/c1-36-27(33)21-7-5-20(6-8-21)23-4-2-3-22-12-26(37-38(34,35)29(30,31)32)25(13-24(22)23)28-14-17-9-18(15-28)11-19(10-17)16-28/h2-8,12-13,17-19H,9-11,14-16H2,1H3. The summed E-state index contributed by atoms with van der Waals surface area (Å²) in [6.07, 6.45) is 5.85. The predicted octanol–water partition coefficient (Wildman–Crippen LogP) is 6.99. The van der Waals surface area contributed by atoms with Gasteiger partial charge in [0.1, 0.15) is 5.75 Å². The van der Waals surface area contributed by atoms with Gasteiger partial charge in [0.2, 0.25) is 0 Å². The Bertz CT molecular complexity index is 1490. The van der Waals surface area contributed by atoms with Gasteiger partial charge in [-0.05, 0) is 108 Å². The normalized spacial score (nSPS) is 26.5. The molecule has 0 N–H and O–H groups in total. The van der Waals surface area contributed by atoms with E-state index in [2.05, 4.69) is 0 Å². The highest BCUT2D eigenvalue weighted by atomic mass is 32.2. The van der Waals surface area contributed by atoms with Crippen LogP contribution in [0.4, 0.5) is 13.2 Å². The van der Waals surface area contributed by atoms with E-state index in [4.69, 9.17) is 8.92 Å². The Morgan fingerprint density at radius 3 is 2.08 bits per heavy atom. The van der Waals surface area contributed by atoms with Crippen LogP contribution in [0, 0.1) is 17.8 Å². The second-order valence-electron chi connectivity index (χ2n) is 11.1. The Morgan fingerprint density at radius 2 is 1.53 bits per heavy atom. The van der Waals surface area contributed by atoms with E-state index in [-0.39, 0.29) is 5.75 Å². The van der Waals surface area contributed by atoms with Crippen molar-refractivity contribution in [2.75, 3.05) is 7.11 Å². The minimum atomic E-state index is -5.83. The molecule has 0 unspecified atom stereocenters. The molecule has 200 valence electrons. The zero-order chi connectivity index (χ0) is 26.9. The van der Waals surface area contributed by atoms with Crippen LogP contribution >= 0.6 is 0 Å². The summed E-state index contributed by atoms with van der Waals surface area (Å²) >= 11 is 0. The topological polar surface area (TPSA) is 69.7 Å². The molecule has 0 atom stereocenters. The number of esters is 1. The number of hydrogen-bond acceptors (Lipinski definition) is 5. The molecule has 4 aliphatic rings. The maximum Gasteiger partial charge on any atom is 0.534 e. The van der Waals surface area contributed by atoms with Gasteiger partial charge in [0.05, 0.1) is 12.7 Å². The number of methoxy groups -OCH3 is 1. The molecule has 38 heavy (non-hydrogen) atoms. The molecule has 4 saturated carbocycles. The Balaban J connectivity index is 1.53. The summed E-state index contributed by atoms with van der Waals surface area (Å²) in [5.74, 6) is 0.793. The van der Waals surface area contributed by atoms with Crippen molar-refractivity contribution in [1.29, 1.82) is 0 Å². The molecular formula is C29H27F3O5S. The third kappa shape index (κ3) is 4.15. The molecule has 0 amide bonds. The summed E-state index contributed by atoms with van der Waals surface area (Å²) in [6.45, 7) is 0. The number of fused-ring (bicyclic) bond motifs is 1. The van der Waals surface area contributed by atoms with Crippen molar-refractivity contribution in [1.82, 2.24) is 0 Å². The smallest absolute Gasteiger partial charge is 0.465 e. The van der Waals surface area contributed by atoms with Gasteiger partial charge in [0, 0.05) is 5.56 Å². The molecule has 7 rings (SSSR count). The molecular weight excluding hydrogens is 517 g/mol. The summed E-state index contributed by atoms with van der Waals surface area (Å²) in [5, 5.41) is 1.36. The van der Waals surface area contributed by atoms with Crippen molar-refractivity contribution in [2.24, 2.45) is 17.8 Å². The molecule has 0 aromatic heterocycles. The minimum Gasteiger partial charge on any atom is -0.465 e. The van der Waals surface area contributed by atoms with Crippen LogP contribution in [0.3, 0.4) is 0 Å². The van der Waals surface area contributed by atoms with E-state index in [0.717, 1.165) is 55.0 Å². The highest BCUT2D eigenvalue weighted by Crippen LogP contribution is 2.62. The molecule has 0 spiro atoms. The number of rotatable bonds is 5. The maximum atomic E-state index is 13.4. The van der Waals surface area contributed by atoms with Gasteiger partial charge in [0.15, 0.2) is 0 Å². The first-order valence-electron chi connectivity index (χ1n) is 12.7. The third-order valence-electron chi connectivity index (χ3n) is 8.69. The van der Waals surface area contributed by atoms with Crippen LogP contribution in [-0.2, 0) is 20.3 Å². The molecule has 0 saturated heterocycles. The lowest BCUT2D eigenvalue weighted by Gasteiger charge is -2.57. The van der Waals surface area contributed by atoms with Crippen molar-refractivity contribution in [3.05, 3.63) is 65.7 Å². The molecule has 4 bridgehead atoms. The third-order valence-corrected chi connectivity index (χ3v) is 9.66. The highest BCUT2D eigenvalue weighted by Gasteiger charge is 2.54. The van der Waals surface area contributed by atoms with E-state index in [9.17, 15) is 26.4 Å². The Labute approximate surface area is 219 Å². The number of carbonyl (C=O) groups is 1. The maximum absolute atomic E-state index is 13.4. The van der Waals surface area contributed by atoms with E-state index in [1.54, 1.807) is 36.4 Å². The molecule has 5 nitrogen and oxygen atoms in total. The van der Waals surface area contributed by atoms with E-state index in [1.165, 1.54) is 13.2 Å². The van der Waals surface area contributed by atoms with Crippen molar-refractivity contribution in [3.63, 3.8) is 0 Å². The molecule has 3 aromatic carbocycles. The number of benzene rings is 3. The average Bonchev–Trinajstić information content (AvgIpc) is 2.86. The molecule has 4 fully saturated rings. The fourth-order valence-corrected chi connectivity index (χ4v) is 8.02. The lowest BCUT2D eigenvalue weighted by molar-refractivity contribution is -0.0502. The first kappa shape index (κ1) is 25.2. The average molecular weight is 545 g/mol. The monoisotopic (exact) mass is 544 g/mol. The molecule has 3 aromatic rings. The van der Waals surface area contributed by atoms with Crippen LogP contribution in [0.2, 0.25) is 0 Å².